The van der Waals surface area contributed by atoms with E-state index in [4.69, 9.17) is 9.47 Å². The van der Waals surface area contributed by atoms with Crippen molar-refractivity contribution in [1.82, 2.24) is 4.98 Å². The van der Waals surface area contributed by atoms with Crippen molar-refractivity contribution in [1.29, 1.82) is 0 Å². The topological polar surface area (TPSA) is 34.6 Å². The number of anilines is 1. The lowest BCUT2D eigenvalue weighted by Gasteiger charge is -2.39. The molecule has 0 saturated carbocycles. The Balaban J connectivity index is 2.09. The number of hydrogen-bond acceptors (Lipinski definition) is 4. The summed E-state index contributed by atoms with van der Waals surface area (Å²) < 4.78 is 12.6. The molecule has 3 heterocycles. The molecule has 20 heavy (non-hydrogen) atoms. The highest BCUT2D eigenvalue weighted by atomic mass is 79.9. The fourth-order valence-electron chi connectivity index (χ4n) is 3.01. The lowest BCUT2D eigenvalue weighted by Crippen LogP contribution is -2.44. The second-order valence-electron chi connectivity index (χ2n) is 6.23. The molecule has 0 spiro atoms. The normalized spacial score (nSPS) is 25.0. The molecule has 0 N–H and O–H groups in total. The first-order valence-electron chi connectivity index (χ1n) is 7.17. The third-order valence-electron chi connectivity index (χ3n) is 4.26. The summed E-state index contributed by atoms with van der Waals surface area (Å²) in [5, 5.41) is 0. The third kappa shape index (κ3) is 2.31. The van der Waals surface area contributed by atoms with Crippen LogP contribution in [-0.2, 0) is 10.2 Å². The van der Waals surface area contributed by atoms with Crippen molar-refractivity contribution >= 4 is 21.7 Å². The van der Waals surface area contributed by atoms with Gasteiger partial charge in [-0.3, -0.25) is 0 Å². The zero-order valence-electron chi connectivity index (χ0n) is 12.3. The van der Waals surface area contributed by atoms with E-state index in [1.165, 1.54) is 5.56 Å². The molecule has 0 amide bonds. The largest absolute Gasteiger partial charge is 0.489 e. The molecule has 0 bridgehead atoms. The molecule has 1 aromatic heterocycles. The predicted molar refractivity (Wildman–Crippen MR) is 82.7 cm³/mol. The van der Waals surface area contributed by atoms with Crippen molar-refractivity contribution in [2.75, 3.05) is 31.3 Å². The number of pyridine rings is 1. The van der Waals surface area contributed by atoms with Gasteiger partial charge in [0.25, 0.3) is 0 Å². The molecule has 3 rings (SSSR count). The fourth-order valence-corrected chi connectivity index (χ4v) is 3.83. The zero-order chi connectivity index (χ0) is 14.3. The summed E-state index contributed by atoms with van der Waals surface area (Å²) in [4.78, 5) is 6.93. The minimum atomic E-state index is 0.111. The molecule has 2 aliphatic rings. The van der Waals surface area contributed by atoms with Gasteiger partial charge in [0.05, 0.1) is 25.9 Å². The van der Waals surface area contributed by atoms with Crippen LogP contribution in [0.25, 0.3) is 0 Å². The Morgan fingerprint density at radius 3 is 2.95 bits per heavy atom. The molecule has 0 aliphatic carbocycles. The number of fused-ring (bicyclic) bond motifs is 1. The molecule has 0 radical (unpaired) electrons. The molecular weight excluding hydrogens is 320 g/mol. The second kappa shape index (κ2) is 5.19. The molecular formula is C15H21BrN2O2. The molecule has 1 unspecified atom stereocenters. The summed E-state index contributed by atoms with van der Waals surface area (Å²) in [7, 11) is 0. The molecule has 4 nitrogen and oxygen atoms in total. The first-order chi connectivity index (χ1) is 9.50. The van der Waals surface area contributed by atoms with Gasteiger partial charge in [0.15, 0.2) is 11.6 Å². The first kappa shape index (κ1) is 14.1. The van der Waals surface area contributed by atoms with E-state index >= 15 is 0 Å². The number of rotatable bonds is 1. The minimum Gasteiger partial charge on any atom is -0.489 e. The van der Waals surface area contributed by atoms with Crippen molar-refractivity contribution in [3.8, 4) is 5.75 Å². The lowest BCUT2D eigenvalue weighted by molar-refractivity contribution is 0.0978. The number of nitrogens with zero attached hydrogens (tertiary/aromatic N) is 2. The summed E-state index contributed by atoms with van der Waals surface area (Å²) in [5.41, 5.74) is 1.35. The summed E-state index contributed by atoms with van der Waals surface area (Å²) in [6.45, 7) is 9.83. The van der Waals surface area contributed by atoms with E-state index in [2.05, 4.69) is 46.6 Å². The van der Waals surface area contributed by atoms with Gasteiger partial charge in [0.2, 0.25) is 0 Å². The van der Waals surface area contributed by atoms with Crippen LogP contribution in [0, 0.1) is 0 Å². The van der Waals surface area contributed by atoms with Crippen LogP contribution < -0.4 is 9.64 Å². The van der Waals surface area contributed by atoms with Gasteiger partial charge in [-0.15, -0.1) is 0 Å². The van der Waals surface area contributed by atoms with Gasteiger partial charge in [0, 0.05) is 22.8 Å². The summed E-state index contributed by atoms with van der Waals surface area (Å²) in [5.74, 6) is 1.91. The number of morpholine rings is 1. The van der Waals surface area contributed by atoms with Crippen molar-refractivity contribution < 1.29 is 9.47 Å². The van der Waals surface area contributed by atoms with Crippen molar-refractivity contribution in [2.45, 2.75) is 38.6 Å². The Bertz CT molecular complexity index is 519. The van der Waals surface area contributed by atoms with Gasteiger partial charge in [0.1, 0.15) is 0 Å². The van der Waals surface area contributed by atoms with Gasteiger partial charge >= 0.3 is 0 Å². The third-order valence-corrected chi connectivity index (χ3v) is 4.86. The lowest BCUT2D eigenvalue weighted by atomic mass is 9.80. The van der Waals surface area contributed by atoms with E-state index in [-0.39, 0.29) is 5.41 Å². The molecule has 5 heteroatoms. The number of aromatic nitrogens is 1. The number of ether oxygens (including phenoxy) is 2. The standard InChI is InChI=1S/C15H21BrN2O2/c1-10-9-19-7-5-18(10)14-13-12(11(16)8-17-14)15(2,3)4-6-20-13/h8,10H,4-7,9H2,1-3H3. The van der Waals surface area contributed by atoms with E-state index < -0.39 is 0 Å². The molecule has 1 aromatic rings. The molecule has 2 aliphatic heterocycles. The minimum absolute atomic E-state index is 0.111. The molecule has 110 valence electrons. The van der Waals surface area contributed by atoms with Gasteiger partial charge < -0.3 is 14.4 Å². The Morgan fingerprint density at radius 1 is 1.40 bits per heavy atom. The van der Waals surface area contributed by atoms with Gasteiger partial charge in [-0.2, -0.15) is 0 Å². The summed E-state index contributed by atoms with van der Waals surface area (Å²) in [6, 6.07) is 0.329. The van der Waals surface area contributed by atoms with Crippen LogP contribution in [0.5, 0.6) is 5.75 Å². The van der Waals surface area contributed by atoms with Crippen LogP contribution in [0.4, 0.5) is 5.82 Å². The van der Waals surface area contributed by atoms with Gasteiger partial charge in [-0.25, -0.2) is 4.98 Å². The maximum Gasteiger partial charge on any atom is 0.172 e. The van der Waals surface area contributed by atoms with Crippen LogP contribution in [0.2, 0.25) is 0 Å². The van der Waals surface area contributed by atoms with Crippen molar-refractivity contribution in [2.24, 2.45) is 0 Å². The summed E-state index contributed by atoms with van der Waals surface area (Å²) >= 11 is 3.65. The highest BCUT2D eigenvalue weighted by molar-refractivity contribution is 9.10. The molecule has 1 fully saturated rings. The Hall–Kier alpha value is -0.810. The Morgan fingerprint density at radius 2 is 2.20 bits per heavy atom. The second-order valence-corrected chi connectivity index (χ2v) is 7.09. The fraction of sp³-hybridized carbons (Fsp3) is 0.667. The Labute approximate surface area is 128 Å². The molecule has 1 saturated heterocycles. The van der Waals surface area contributed by atoms with E-state index in [9.17, 15) is 0 Å². The van der Waals surface area contributed by atoms with Crippen LogP contribution in [0.15, 0.2) is 10.7 Å². The smallest absolute Gasteiger partial charge is 0.172 e. The number of hydrogen-bond donors (Lipinski definition) is 0. The Kier molecular flexibility index (Phi) is 3.67. The first-order valence-corrected chi connectivity index (χ1v) is 7.96. The monoisotopic (exact) mass is 340 g/mol. The van der Waals surface area contributed by atoms with E-state index in [1.54, 1.807) is 0 Å². The maximum atomic E-state index is 6.00. The summed E-state index contributed by atoms with van der Waals surface area (Å²) in [6.07, 6.45) is 2.94. The maximum absolute atomic E-state index is 6.00. The van der Waals surface area contributed by atoms with Crippen molar-refractivity contribution in [3.05, 3.63) is 16.2 Å². The number of halogens is 1. The van der Waals surface area contributed by atoms with Crippen LogP contribution >= 0.6 is 15.9 Å². The zero-order valence-corrected chi connectivity index (χ0v) is 13.9. The van der Waals surface area contributed by atoms with E-state index in [1.807, 2.05) is 6.20 Å². The molecule has 0 aromatic carbocycles. The van der Waals surface area contributed by atoms with Crippen LogP contribution in [0.1, 0.15) is 32.8 Å². The van der Waals surface area contributed by atoms with Crippen LogP contribution in [-0.4, -0.2) is 37.4 Å². The van der Waals surface area contributed by atoms with Gasteiger partial charge in [-0.05, 0) is 34.7 Å². The highest BCUT2D eigenvalue weighted by Crippen LogP contribution is 2.46. The quantitative estimate of drug-likeness (QED) is 0.786. The van der Waals surface area contributed by atoms with E-state index in [0.29, 0.717) is 6.04 Å². The average Bonchev–Trinajstić information content (AvgIpc) is 2.39. The average molecular weight is 341 g/mol. The van der Waals surface area contributed by atoms with Crippen molar-refractivity contribution in [3.63, 3.8) is 0 Å². The molecule has 1 atom stereocenters. The SMILES string of the molecule is CC1COCCN1c1ncc(Br)c2c1OCCC2(C)C. The predicted octanol–water partition coefficient (Wildman–Crippen LogP) is 3.13. The highest BCUT2D eigenvalue weighted by Gasteiger charge is 2.35. The van der Waals surface area contributed by atoms with Gasteiger partial charge in [-0.1, -0.05) is 13.8 Å². The van der Waals surface area contributed by atoms with Crippen LogP contribution in [0.3, 0.4) is 0 Å². The van der Waals surface area contributed by atoms with E-state index in [0.717, 1.165) is 48.8 Å².